The summed E-state index contributed by atoms with van der Waals surface area (Å²) in [6.45, 7) is 0. The second-order valence-corrected chi connectivity index (χ2v) is 4.68. The van der Waals surface area contributed by atoms with E-state index >= 15 is 0 Å². The SMILES string of the molecule is BBC1CCCCCCCCCC1. The summed E-state index contributed by atoms with van der Waals surface area (Å²) >= 11 is 0. The summed E-state index contributed by atoms with van der Waals surface area (Å²) in [7, 11) is 3.78. The van der Waals surface area contributed by atoms with Crippen LogP contribution in [0.25, 0.3) is 0 Å². The van der Waals surface area contributed by atoms with Crippen LogP contribution >= 0.6 is 0 Å². The quantitative estimate of drug-likeness (QED) is 0.541. The van der Waals surface area contributed by atoms with Crippen molar-refractivity contribution in [3.8, 4) is 0 Å². The Morgan fingerprint density at radius 1 is 0.692 bits per heavy atom. The van der Waals surface area contributed by atoms with E-state index in [4.69, 9.17) is 0 Å². The van der Waals surface area contributed by atoms with Crippen molar-refractivity contribution in [2.24, 2.45) is 0 Å². The second kappa shape index (κ2) is 7.53. The lowest BCUT2D eigenvalue weighted by atomic mass is 9.45. The summed E-state index contributed by atoms with van der Waals surface area (Å²) < 4.78 is 0. The van der Waals surface area contributed by atoms with Gasteiger partial charge in [-0.3, -0.25) is 0 Å². The van der Waals surface area contributed by atoms with E-state index < -0.39 is 0 Å². The van der Waals surface area contributed by atoms with Crippen LogP contribution in [0.3, 0.4) is 0 Å². The van der Waals surface area contributed by atoms with Crippen molar-refractivity contribution in [2.75, 3.05) is 0 Å². The minimum atomic E-state index is 1.05. The minimum absolute atomic E-state index is 1.05. The van der Waals surface area contributed by atoms with Crippen LogP contribution in [-0.2, 0) is 0 Å². The highest BCUT2D eigenvalue weighted by Crippen LogP contribution is 2.23. The van der Waals surface area contributed by atoms with E-state index in [1.807, 2.05) is 0 Å². The fourth-order valence-electron chi connectivity index (χ4n) is 2.48. The Bertz CT molecular complexity index is 103. The number of hydrogen-bond acceptors (Lipinski definition) is 0. The topological polar surface area (TPSA) is 0 Å². The predicted molar refractivity (Wildman–Crippen MR) is 65.6 cm³/mol. The largest absolute Gasteiger partial charge is 0.0860 e. The van der Waals surface area contributed by atoms with Crippen LogP contribution in [0.4, 0.5) is 0 Å². The average Bonchev–Trinajstić information content (AvgIpc) is 2.22. The van der Waals surface area contributed by atoms with Crippen molar-refractivity contribution in [2.45, 2.75) is 70.0 Å². The van der Waals surface area contributed by atoms with Crippen LogP contribution in [0.1, 0.15) is 64.2 Å². The Hall–Kier alpha value is 0.130. The second-order valence-electron chi connectivity index (χ2n) is 4.68. The van der Waals surface area contributed by atoms with Crippen LogP contribution in [0, 0.1) is 0 Å². The molecule has 0 N–H and O–H groups in total. The lowest BCUT2D eigenvalue weighted by molar-refractivity contribution is 0.583. The van der Waals surface area contributed by atoms with Crippen molar-refractivity contribution in [1.82, 2.24) is 0 Å². The van der Waals surface area contributed by atoms with Gasteiger partial charge in [0.05, 0.1) is 14.9 Å². The van der Waals surface area contributed by atoms with Gasteiger partial charge in [-0.25, -0.2) is 0 Å². The van der Waals surface area contributed by atoms with Gasteiger partial charge in [0.1, 0.15) is 0 Å². The van der Waals surface area contributed by atoms with Gasteiger partial charge in [-0.2, -0.15) is 0 Å². The monoisotopic (exact) mass is 178 g/mol. The molecule has 0 bridgehead atoms. The maximum Gasteiger partial charge on any atom is 0.0860 e. The van der Waals surface area contributed by atoms with Gasteiger partial charge in [-0.15, -0.1) is 0 Å². The average molecular weight is 178 g/mol. The van der Waals surface area contributed by atoms with Crippen molar-refractivity contribution in [1.29, 1.82) is 0 Å². The molecule has 1 saturated carbocycles. The molecular weight excluding hydrogens is 154 g/mol. The van der Waals surface area contributed by atoms with E-state index in [0.29, 0.717) is 0 Å². The summed E-state index contributed by atoms with van der Waals surface area (Å²) in [4.78, 5) is 0. The Morgan fingerprint density at radius 3 is 1.46 bits per heavy atom. The Morgan fingerprint density at radius 2 is 1.08 bits per heavy atom. The van der Waals surface area contributed by atoms with E-state index in [1.165, 1.54) is 71.4 Å². The molecule has 0 unspecified atom stereocenters. The molecule has 0 nitrogen and oxygen atoms in total. The molecule has 1 aliphatic rings. The predicted octanol–water partition coefficient (Wildman–Crippen LogP) is 2.67. The molecule has 0 aliphatic heterocycles. The molecule has 0 radical (unpaired) electrons. The molecule has 1 aliphatic carbocycles. The fourth-order valence-corrected chi connectivity index (χ4v) is 2.48. The van der Waals surface area contributed by atoms with E-state index in [1.54, 1.807) is 0 Å². The van der Waals surface area contributed by atoms with Crippen LogP contribution in [0.15, 0.2) is 0 Å². The molecule has 2 heteroatoms. The molecule has 13 heavy (non-hydrogen) atoms. The van der Waals surface area contributed by atoms with Crippen molar-refractivity contribution in [3.05, 3.63) is 0 Å². The smallest absolute Gasteiger partial charge is 0.0737 e. The van der Waals surface area contributed by atoms with E-state index in [-0.39, 0.29) is 0 Å². The molecular formula is C11H24B2. The first-order valence-corrected chi connectivity index (χ1v) is 6.43. The third-order valence-electron chi connectivity index (χ3n) is 3.55. The summed E-state index contributed by atoms with van der Waals surface area (Å²) in [5.74, 6) is 1.05. The van der Waals surface area contributed by atoms with Gasteiger partial charge >= 0.3 is 0 Å². The highest BCUT2D eigenvalue weighted by molar-refractivity contribution is 6.90. The molecule has 0 atom stereocenters. The van der Waals surface area contributed by atoms with Gasteiger partial charge in [-0.05, 0) is 0 Å². The molecule has 0 aromatic rings. The Balaban J connectivity index is 2.18. The van der Waals surface area contributed by atoms with Gasteiger partial charge in [0, 0.05) is 0 Å². The van der Waals surface area contributed by atoms with Crippen LogP contribution < -0.4 is 0 Å². The normalized spacial score (nSPS) is 23.4. The summed E-state index contributed by atoms with van der Waals surface area (Å²) in [5.41, 5.74) is 0. The third kappa shape index (κ3) is 5.44. The molecule has 0 spiro atoms. The first-order valence-electron chi connectivity index (χ1n) is 6.43. The van der Waals surface area contributed by atoms with E-state index in [9.17, 15) is 0 Å². The zero-order chi connectivity index (χ0) is 9.36. The maximum atomic E-state index is 2.37. The first kappa shape index (κ1) is 11.2. The van der Waals surface area contributed by atoms with Gasteiger partial charge < -0.3 is 0 Å². The standard InChI is InChI=1S/C11H24B2/c12-13-11-9-7-5-3-1-2-4-6-8-10-11/h11,13H,1-10,12H2. The molecule has 1 fully saturated rings. The van der Waals surface area contributed by atoms with E-state index in [0.717, 1.165) is 5.82 Å². The lowest BCUT2D eigenvalue weighted by Crippen LogP contribution is -2.03. The molecule has 0 amide bonds. The number of rotatable bonds is 1. The van der Waals surface area contributed by atoms with Crippen molar-refractivity contribution >= 4 is 14.9 Å². The molecule has 0 saturated heterocycles. The third-order valence-corrected chi connectivity index (χ3v) is 3.55. The molecule has 0 aromatic heterocycles. The van der Waals surface area contributed by atoms with Gasteiger partial charge in [-0.1, -0.05) is 70.0 Å². The summed E-state index contributed by atoms with van der Waals surface area (Å²) in [6, 6.07) is 0. The molecule has 74 valence electrons. The summed E-state index contributed by atoms with van der Waals surface area (Å²) in [6.07, 6.45) is 15.0. The van der Waals surface area contributed by atoms with Crippen LogP contribution in [-0.4, -0.2) is 14.9 Å². The van der Waals surface area contributed by atoms with Crippen molar-refractivity contribution < 1.29 is 0 Å². The first-order chi connectivity index (χ1) is 6.43. The zero-order valence-electron chi connectivity index (χ0n) is 9.36. The molecule has 0 aromatic carbocycles. The summed E-state index contributed by atoms with van der Waals surface area (Å²) in [5, 5.41) is 0. The molecule has 0 heterocycles. The molecule has 1 rings (SSSR count). The van der Waals surface area contributed by atoms with Gasteiger partial charge in [0.25, 0.3) is 0 Å². The number of hydrogen-bond donors (Lipinski definition) is 0. The fraction of sp³-hybridized carbons (Fsp3) is 1.00. The minimum Gasteiger partial charge on any atom is -0.0737 e. The zero-order valence-corrected chi connectivity index (χ0v) is 9.36. The Kier molecular flexibility index (Phi) is 6.49. The van der Waals surface area contributed by atoms with E-state index in [2.05, 4.69) is 7.74 Å². The van der Waals surface area contributed by atoms with Crippen LogP contribution in [0.2, 0.25) is 5.82 Å². The van der Waals surface area contributed by atoms with Crippen LogP contribution in [0.5, 0.6) is 0 Å². The highest BCUT2D eigenvalue weighted by Gasteiger charge is 2.07. The lowest BCUT2D eigenvalue weighted by Gasteiger charge is -2.12. The highest BCUT2D eigenvalue weighted by atomic mass is 14.1. The van der Waals surface area contributed by atoms with Crippen molar-refractivity contribution in [3.63, 3.8) is 0 Å². The Labute approximate surface area is 85.5 Å². The maximum absolute atomic E-state index is 2.37. The van der Waals surface area contributed by atoms with Gasteiger partial charge in [0.15, 0.2) is 0 Å². The van der Waals surface area contributed by atoms with Gasteiger partial charge in [0.2, 0.25) is 0 Å².